The third kappa shape index (κ3) is 4.27. The molecule has 0 atom stereocenters. The molecule has 1 fully saturated rings. The Hall–Kier alpha value is -2.94. The van der Waals surface area contributed by atoms with Crippen LogP contribution >= 0.6 is 0 Å². The van der Waals surface area contributed by atoms with E-state index in [2.05, 4.69) is 15.4 Å². The molecule has 9 heteroatoms. The van der Waals surface area contributed by atoms with E-state index < -0.39 is 23.3 Å². The topological polar surface area (TPSA) is 80.0 Å². The summed E-state index contributed by atoms with van der Waals surface area (Å²) in [7, 11) is 0. The first kappa shape index (κ1) is 21.3. The Kier molecular flexibility index (Phi) is 5.70. The van der Waals surface area contributed by atoms with Gasteiger partial charge in [0.15, 0.2) is 0 Å². The lowest BCUT2D eigenvalue weighted by Crippen LogP contribution is -2.21. The van der Waals surface area contributed by atoms with Crippen LogP contribution in [0.4, 0.5) is 18.9 Å². The van der Waals surface area contributed by atoms with Gasteiger partial charge in [-0.3, -0.25) is 14.5 Å². The molecular formula is C22H23F3N4O2. The highest BCUT2D eigenvalue weighted by atomic mass is 19.4. The normalized spacial score (nSPS) is 19.5. The molecule has 0 aliphatic heterocycles. The number of nitrogens with one attached hydrogen (secondary N) is 1. The summed E-state index contributed by atoms with van der Waals surface area (Å²) in [6.07, 6.45) is 1.94. The Morgan fingerprint density at radius 1 is 1.26 bits per heavy atom. The minimum atomic E-state index is -4.67. The number of nitrogens with zero attached hydrogens (tertiary/aromatic N) is 3. The molecule has 3 aromatic rings. The smallest absolute Gasteiger partial charge is 0.396 e. The van der Waals surface area contributed by atoms with Gasteiger partial charge in [-0.05, 0) is 68.4 Å². The number of carbonyl (C=O) groups excluding carboxylic acids is 1. The van der Waals surface area contributed by atoms with Crippen LogP contribution in [-0.2, 0) is 6.18 Å². The van der Waals surface area contributed by atoms with E-state index in [9.17, 15) is 23.1 Å². The van der Waals surface area contributed by atoms with Crippen molar-refractivity contribution in [3.05, 3.63) is 53.5 Å². The lowest BCUT2D eigenvalue weighted by molar-refractivity contribution is -0.138. The van der Waals surface area contributed by atoms with Gasteiger partial charge < -0.3 is 10.4 Å². The number of anilines is 1. The molecule has 1 aliphatic carbocycles. The third-order valence-corrected chi connectivity index (χ3v) is 5.94. The summed E-state index contributed by atoms with van der Waals surface area (Å²) in [5, 5.41) is 17.2. The highest BCUT2D eigenvalue weighted by molar-refractivity contribution is 6.05. The van der Waals surface area contributed by atoms with Crippen LogP contribution in [0.3, 0.4) is 0 Å². The second-order valence-corrected chi connectivity index (χ2v) is 8.02. The Balaban J connectivity index is 1.59. The zero-order chi connectivity index (χ0) is 22.2. The minimum Gasteiger partial charge on any atom is -0.396 e. The van der Waals surface area contributed by atoms with E-state index in [-0.39, 0.29) is 12.6 Å². The number of halogens is 3. The summed E-state index contributed by atoms with van der Waals surface area (Å²) in [5.41, 5.74) is 0.316. The molecule has 1 aromatic carbocycles. The number of aryl methyl sites for hydroxylation is 1. The number of hydrogen-bond acceptors (Lipinski definition) is 4. The first-order chi connectivity index (χ1) is 14.8. The van der Waals surface area contributed by atoms with Gasteiger partial charge in [-0.2, -0.15) is 18.3 Å². The van der Waals surface area contributed by atoms with Crippen molar-refractivity contribution in [2.24, 2.45) is 5.92 Å². The van der Waals surface area contributed by atoms with E-state index in [1.807, 2.05) is 10.7 Å². The van der Waals surface area contributed by atoms with E-state index in [4.69, 9.17) is 0 Å². The number of carbonyl (C=O) groups is 1. The largest absolute Gasteiger partial charge is 0.418 e. The van der Waals surface area contributed by atoms with Gasteiger partial charge in [0, 0.05) is 23.9 Å². The third-order valence-electron chi connectivity index (χ3n) is 5.94. The molecule has 0 bridgehead atoms. The predicted molar refractivity (Wildman–Crippen MR) is 110 cm³/mol. The summed E-state index contributed by atoms with van der Waals surface area (Å²) in [6.45, 7) is 2.00. The molecule has 2 N–H and O–H groups in total. The van der Waals surface area contributed by atoms with Crippen molar-refractivity contribution in [2.45, 2.75) is 44.8 Å². The van der Waals surface area contributed by atoms with E-state index in [1.165, 1.54) is 0 Å². The van der Waals surface area contributed by atoms with Crippen molar-refractivity contribution in [1.29, 1.82) is 0 Å². The Bertz CT molecular complexity index is 1100. The van der Waals surface area contributed by atoms with Crippen LogP contribution < -0.4 is 5.32 Å². The molecule has 0 spiro atoms. The maximum Gasteiger partial charge on any atom is 0.418 e. The summed E-state index contributed by atoms with van der Waals surface area (Å²) in [5.74, 6) is -0.570. The van der Waals surface area contributed by atoms with Crippen molar-refractivity contribution < 1.29 is 23.1 Å². The maximum atomic E-state index is 13.2. The number of fused-ring (bicyclic) bond motifs is 1. The number of aliphatic hydroxyl groups is 1. The second-order valence-electron chi connectivity index (χ2n) is 8.02. The second kappa shape index (κ2) is 8.30. The molecule has 31 heavy (non-hydrogen) atoms. The average molecular weight is 432 g/mol. The van der Waals surface area contributed by atoms with E-state index in [0.29, 0.717) is 11.6 Å². The fourth-order valence-electron chi connectivity index (χ4n) is 4.19. The van der Waals surface area contributed by atoms with E-state index in [0.717, 1.165) is 60.5 Å². The summed E-state index contributed by atoms with van der Waals surface area (Å²) >= 11 is 0. The molecule has 1 amide bonds. The summed E-state index contributed by atoms with van der Waals surface area (Å²) in [4.78, 5) is 16.2. The van der Waals surface area contributed by atoms with Crippen LogP contribution in [0.5, 0.6) is 0 Å². The minimum absolute atomic E-state index is 0.209. The number of rotatable bonds is 4. The zero-order valence-corrected chi connectivity index (χ0v) is 17.0. The number of amides is 1. The molecule has 2 aromatic heterocycles. The SMILES string of the molecule is Cc1cc2c(cnn2C2CCC(CO)CC2)cc1NC(=O)c1ncccc1C(F)(F)F. The molecule has 164 valence electrons. The fraction of sp³-hybridized carbons (Fsp3) is 0.409. The number of aliphatic hydroxyl groups excluding tert-OH is 1. The number of aromatic nitrogens is 3. The predicted octanol–water partition coefficient (Wildman–Crippen LogP) is 4.73. The van der Waals surface area contributed by atoms with Gasteiger partial charge in [0.05, 0.1) is 23.3 Å². The monoisotopic (exact) mass is 432 g/mol. The number of benzene rings is 1. The van der Waals surface area contributed by atoms with Gasteiger partial charge in [-0.15, -0.1) is 0 Å². The number of pyridine rings is 1. The van der Waals surface area contributed by atoms with Gasteiger partial charge in [-0.25, -0.2) is 0 Å². The maximum absolute atomic E-state index is 13.2. The molecule has 0 unspecified atom stereocenters. The molecule has 0 saturated heterocycles. The van der Waals surface area contributed by atoms with Crippen LogP contribution in [0.2, 0.25) is 0 Å². The van der Waals surface area contributed by atoms with Crippen molar-refractivity contribution in [2.75, 3.05) is 11.9 Å². The van der Waals surface area contributed by atoms with Gasteiger partial charge in [0.2, 0.25) is 0 Å². The Labute approximate surface area is 177 Å². The Morgan fingerprint density at radius 3 is 2.68 bits per heavy atom. The van der Waals surface area contributed by atoms with Crippen LogP contribution in [0.15, 0.2) is 36.7 Å². The van der Waals surface area contributed by atoms with Crippen molar-refractivity contribution in [3.63, 3.8) is 0 Å². The quantitative estimate of drug-likeness (QED) is 0.624. The summed E-state index contributed by atoms with van der Waals surface area (Å²) in [6, 6.07) is 5.84. The average Bonchev–Trinajstić information content (AvgIpc) is 3.16. The molecule has 2 heterocycles. The lowest BCUT2D eigenvalue weighted by atomic mass is 9.86. The van der Waals surface area contributed by atoms with Gasteiger partial charge >= 0.3 is 6.18 Å². The highest BCUT2D eigenvalue weighted by Crippen LogP contribution is 2.35. The first-order valence-electron chi connectivity index (χ1n) is 10.2. The zero-order valence-electron chi connectivity index (χ0n) is 17.0. The molecular weight excluding hydrogens is 409 g/mol. The Morgan fingerprint density at radius 2 is 2.00 bits per heavy atom. The number of hydrogen-bond donors (Lipinski definition) is 2. The molecule has 0 radical (unpaired) electrons. The van der Waals surface area contributed by atoms with Gasteiger partial charge in [-0.1, -0.05) is 0 Å². The lowest BCUT2D eigenvalue weighted by Gasteiger charge is -2.28. The highest BCUT2D eigenvalue weighted by Gasteiger charge is 2.36. The van der Waals surface area contributed by atoms with Crippen LogP contribution in [0.25, 0.3) is 10.9 Å². The number of alkyl halides is 3. The van der Waals surface area contributed by atoms with Crippen LogP contribution in [0.1, 0.15) is 53.3 Å². The molecule has 1 saturated carbocycles. The van der Waals surface area contributed by atoms with E-state index in [1.54, 1.807) is 19.2 Å². The summed E-state index contributed by atoms with van der Waals surface area (Å²) < 4.78 is 41.6. The fourth-order valence-corrected chi connectivity index (χ4v) is 4.19. The standard InChI is InChI=1S/C22H23F3N4O2/c1-13-9-19-15(11-27-29(19)16-6-4-14(12-30)5-7-16)10-18(13)28-21(31)20-17(22(23,24)25)3-2-8-26-20/h2-3,8-11,14,16,30H,4-7,12H2,1H3,(H,28,31). The molecule has 6 nitrogen and oxygen atoms in total. The molecule has 4 rings (SSSR count). The van der Waals surface area contributed by atoms with Crippen LogP contribution in [-0.4, -0.2) is 32.4 Å². The first-order valence-corrected chi connectivity index (χ1v) is 10.2. The van der Waals surface area contributed by atoms with Crippen molar-refractivity contribution in [3.8, 4) is 0 Å². The van der Waals surface area contributed by atoms with Crippen molar-refractivity contribution in [1.82, 2.24) is 14.8 Å². The van der Waals surface area contributed by atoms with Gasteiger partial charge in [0.25, 0.3) is 5.91 Å². The van der Waals surface area contributed by atoms with Crippen molar-refractivity contribution >= 4 is 22.5 Å². The molecule has 1 aliphatic rings. The van der Waals surface area contributed by atoms with E-state index >= 15 is 0 Å². The van der Waals surface area contributed by atoms with Crippen LogP contribution in [0, 0.1) is 12.8 Å². The van der Waals surface area contributed by atoms with Gasteiger partial charge in [0.1, 0.15) is 5.69 Å².